The first-order chi connectivity index (χ1) is 13.4. The van der Waals surface area contributed by atoms with Crippen molar-refractivity contribution in [3.63, 3.8) is 0 Å². The molecule has 0 N–H and O–H groups in total. The second-order valence-corrected chi connectivity index (χ2v) is 7.27. The van der Waals surface area contributed by atoms with Crippen LogP contribution in [0, 0.1) is 13.8 Å². The van der Waals surface area contributed by atoms with Gasteiger partial charge in [0.15, 0.2) is 0 Å². The lowest BCUT2D eigenvalue weighted by Crippen LogP contribution is -2.09. The van der Waals surface area contributed by atoms with Gasteiger partial charge in [-0.2, -0.15) is 8.42 Å². The van der Waals surface area contributed by atoms with Crippen molar-refractivity contribution < 1.29 is 17.4 Å². The van der Waals surface area contributed by atoms with Crippen LogP contribution in [0.25, 0.3) is 6.08 Å². The predicted molar refractivity (Wildman–Crippen MR) is 114 cm³/mol. The van der Waals surface area contributed by atoms with Crippen molar-refractivity contribution in [1.29, 1.82) is 0 Å². The minimum Gasteiger partial charge on any atom is -0.379 e. The Morgan fingerprint density at radius 3 is 1.82 bits per heavy atom. The normalized spacial score (nSPS) is 9.79. The molecule has 0 saturated carbocycles. The van der Waals surface area contributed by atoms with Crippen molar-refractivity contribution in [3.8, 4) is 5.75 Å². The molecule has 0 atom stereocenters. The smallest absolute Gasteiger partial charge is 0.339 e. The summed E-state index contributed by atoms with van der Waals surface area (Å²) >= 11 is 0. The Bertz CT molecular complexity index is 963. The first-order valence-electron chi connectivity index (χ1n) is 8.45. The summed E-state index contributed by atoms with van der Waals surface area (Å²) in [6.45, 7) is 9.67. The average molecular weight is 397 g/mol. The molecule has 0 aliphatic heterocycles. The molecule has 0 aromatic heterocycles. The van der Waals surface area contributed by atoms with Gasteiger partial charge in [0.05, 0.1) is 0 Å². The second kappa shape index (κ2) is 11.5. The summed E-state index contributed by atoms with van der Waals surface area (Å²) in [6, 6.07) is 23.2. The molecule has 146 valence electrons. The van der Waals surface area contributed by atoms with Gasteiger partial charge in [-0.15, -0.1) is 0 Å². The van der Waals surface area contributed by atoms with E-state index < -0.39 is 10.1 Å². The Labute approximate surface area is 167 Å². The van der Waals surface area contributed by atoms with E-state index in [1.807, 2.05) is 31.9 Å². The van der Waals surface area contributed by atoms with Crippen LogP contribution in [0.5, 0.6) is 5.75 Å². The number of rotatable bonds is 4. The molecule has 0 bridgehead atoms. The lowest BCUT2D eigenvalue weighted by molar-refractivity contribution is -0.0980. The van der Waals surface area contributed by atoms with Crippen LogP contribution in [0.3, 0.4) is 0 Å². The number of carbonyl (C=O) groups excluding carboxylic acids is 1. The van der Waals surface area contributed by atoms with E-state index in [1.165, 1.54) is 23.3 Å². The van der Waals surface area contributed by atoms with Gasteiger partial charge in [0.1, 0.15) is 17.4 Å². The minimum atomic E-state index is -3.73. The van der Waals surface area contributed by atoms with Crippen LogP contribution in [0.4, 0.5) is 0 Å². The number of carbonyl (C=O) groups is 1. The molecular formula is C23H24O4S. The van der Waals surface area contributed by atoms with Gasteiger partial charge in [-0.1, -0.05) is 72.8 Å². The van der Waals surface area contributed by atoms with Crippen LogP contribution in [0.15, 0.2) is 90.3 Å². The molecule has 0 heterocycles. The lowest BCUT2D eigenvalue weighted by Gasteiger charge is -2.06. The fraction of sp³-hybridized carbons (Fsp3) is 0.0870. The van der Waals surface area contributed by atoms with Crippen LogP contribution in [-0.4, -0.2) is 15.2 Å². The van der Waals surface area contributed by atoms with Gasteiger partial charge in [-0.3, -0.25) is 0 Å². The van der Waals surface area contributed by atoms with E-state index in [0.29, 0.717) is 5.75 Å². The number of hydrogen-bond donors (Lipinski definition) is 0. The summed E-state index contributed by atoms with van der Waals surface area (Å²) < 4.78 is 28.8. The number of aryl methyl sites for hydroxylation is 2. The third-order valence-electron chi connectivity index (χ3n) is 3.67. The third-order valence-corrected chi connectivity index (χ3v) is 4.93. The van der Waals surface area contributed by atoms with Gasteiger partial charge in [-0.25, -0.2) is 0 Å². The van der Waals surface area contributed by atoms with Crippen molar-refractivity contribution in [2.24, 2.45) is 0 Å². The Kier molecular flexibility index (Phi) is 9.40. The van der Waals surface area contributed by atoms with E-state index in [1.54, 1.807) is 42.5 Å². The highest BCUT2D eigenvalue weighted by atomic mass is 32.2. The zero-order chi connectivity index (χ0) is 21.0. The maximum absolute atomic E-state index is 11.9. The fourth-order valence-electron chi connectivity index (χ4n) is 2.17. The summed E-state index contributed by atoms with van der Waals surface area (Å²) in [6.07, 6.45) is 1.87. The zero-order valence-electron chi connectivity index (χ0n) is 16.0. The summed E-state index contributed by atoms with van der Waals surface area (Å²) in [5.74, 6) is 0.313. The average Bonchev–Trinajstić information content (AvgIpc) is 2.71. The molecule has 0 aliphatic rings. The van der Waals surface area contributed by atoms with Crippen molar-refractivity contribution >= 4 is 23.0 Å². The van der Waals surface area contributed by atoms with Crippen LogP contribution < -0.4 is 4.18 Å². The highest BCUT2D eigenvalue weighted by Crippen LogP contribution is 2.18. The van der Waals surface area contributed by atoms with Crippen LogP contribution in [0.2, 0.25) is 0 Å². The molecule has 4 nitrogen and oxygen atoms in total. The van der Waals surface area contributed by atoms with Gasteiger partial charge < -0.3 is 8.98 Å². The lowest BCUT2D eigenvalue weighted by atomic mass is 10.1. The third kappa shape index (κ3) is 7.21. The summed E-state index contributed by atoms with van der Waals surface area (Å²) in [5.41, 5.74) is 3.51. The Morgan fingerprint density at radius 1 is 0.786 bits per heavy atom. The summed E-state index contributed by atoms with van der Waals surface area (Å²) in [5, 5.41) is 0. The molecule has 0 radical (unpaired) electrons. The zero-order valence-corrected chi connectivity index (χ0v) is 16.9. The Morgan fingerprint density at radius 2 is 1.32 bits per heavy atom. The molecular weight excluding hydrogens is 372 g/mol. The molecule has 5 heteroatoms. The first-order valence-corrected chi connectivity index (χ1v) is 9.86. The maximum Gasteiger partial charge on any atom is 0.339 e. The SMILES string of the molecule is C=Cc1ccccc1C.C=O.Cc1ccc(S(=O)(=O)Oc2ccccc2)cc1. The van der Waals surface area contributed by atoms with Crippen LogP contribution >= 0.6 is 0 Å². The van der Waals surface area contributed by atoms with Gasteiger partial charge in [-0.05, 0) is 49.2 Å². The van der Waals surface area contributed by atoms with Crippen molar-refractivity contribution in [1.82, 2.24) is 0 Å². The Balaban J connectivity index is 0.000000301. The molecule has 3 aromatic carbocycles. The Hall–Kier alpha value is -3.18. The van der Waals surface area contributed by atoms with Gasteiger partial charge >= 0.3 is 10.1 Å². The molecule has 3 aromatic rings. The molecule has 0 amide bonds. The number of hydrogen-bond acceptors (Lipinski definition) is 4. The molecule has 3 rings (SSSR count). The summed E-state index contributed by atoms with van der Waals surface area (Å²) in [4.78, 5) is 8.16. The van der Waals surface area contributed by atoms with E-state index in [9.17, 15) is 8.42 Å². The predicted octanol–water partition coefficient (Wildman–Crippen LogP) is 5.22. The van der Waals surface area contributed by atoms with E-state index >= 15 is 0 Å². The quantitative estimate of drug-likeness (QED) is 0.568. The number of para-hydroxylation sites is 1. The van der Waals surface area contributed by atoms with Crippen molar-refractivity contribution in [2.45, 2.75) is 18.7 Å². The highest BCUT2D eigenvalue weighted by molar-refractivity contribution is 7.87. The van der Waals surface area contributed by atoms with Gasteiger partial charge in [0.2, 0.25) is 0 Å². The van der Waals surface area contributed by atoms with Crippen LogP contribution in [0.1, 0.15) is 16.7 Å². The molecule has 0 saturated heterocycles. The van der Waals surface area contributed by atoms with E-state index in [4.69, 9.17) is 8.98 Å². The highest BCUT2D eigenvalue weighted by Gasteiger charge is 2.15. The van der Waals surface area contributed by atoms with Gasteiger partial charge in [0.25, 0.3) is 0 Å². The molecule has 28 heavy (non-hydrogen) atoms. The van der Waals surface area contributed by atoms with E-state index in [-0.39, 0.29) is 4.90 Å². The molecule has 0 spiro atoms. The standard InChI is InChI=1S/C13H12O3S.C9H10.CH2O/c1-11-7-9-13(10-8-11)17(14,15)16-12-5-3-2-4-6-12;1-3-9-7-5-4-6-8(9)2;1-2/h2-10H,1H3;3-7H,1H2,2H3;1H2. The van der Waals surface area contributed by atoms with Crippen molar-refractivity contribution in [3.05, 3.63) is 102 Å². The van der Waals surface area contributed by atoms with Crippen molar-refractivity contribution in [2.75, 3.05) is 0 Å². The minimum absolute atomic E-state index is 0.159. The summed E-state index contributed by atoms with van der Waals surface area (Å²) in [7, 11) is -3.73. The first kappa shape index (κ1) is 22.9. The van der Waals surface area contributed by atoms with E-state index in [2.05, 4.69) is 25.6 Å². The number of benzene rings is 3. The maximum atomic E-state index is 11.9. The molecule has 0 aliphatic carbocycles. The monoisotopic (exact) mass is 396 g/mol. The topological polar surface area (TPSA) is 60.4 Å². The van der Waals surface area contributed by atoms with E-state index in [0.717, 1.165) is 5.56 Å². The molecule has 0 unspecified atom stereocenters. The fourth-order valence-corrected chi connectivity index (χ4v) is 3.10. The largest absolute Gasteiger partial charge is 0.379 e. The van der Waals surface area contributed by atoms with Gasteiger partial charge in [0, 0.05) is 0 Å². The van der Waals surface area contributed by atoms with Crippen LogP contribution in [-0.2, 0) is 14.9 Å². The second-order valence-electron chi connectivity index (χ2n) is 5.72. The molecule has 0 fully saturated rings.